The summed E-state index contributed by atoms with van der Waals surface area (Å²) >= 11 is 0. The van der Waals surface area contributed by atoms with Crippen LogP contribution < -0.4 is 40.9 Å². The molecule has 0 radical (unpaired) electrons. The molecule has 4 atom stereocenters. The van der Waals surface area contributed by atoms with E-state index in [-0.39, 0.29) is 70.2 Å². The average Bonchev–Trinajstić information content (AvgIpc) is 1.13. The molecule has 4 aliphatic carbocycles. The van der Waals surface area contributed by atoms with Gasteiger partial charge in [-0.1, -0.05) is 49.2 Å². The highest BCUT2D eigenvalue weighted by atomic mass is 19.1. The number of nitrogens with zero attached hydrogens (tertiary/aromatic N) is 6. The predicted octanol–water partition coefficient (Wildman–Crippen LogP) is 11.2. The van der Waals surface area contributed by atoms with Crippen LogP contribution in [0.15, 0.2) is 94.2 Å². The van der Waals surface area contributed by atoms with Gasteiger partial charge in [0.2, 0.25) is 0 Å². The number of oxazole rings is 2. The first-order chi connectivity index (χ1) is 43.7. The van der Waals surface area contributed by atoms with E-state index < -0.39 is 40.9 Å². The van der Waals surface area contributed by atoms with E-state index in [1.165, 1.54) is 55.0 Å². The number of anilines is 6. The lowest BCUT2D eigenvalue weighted by Crippen LogP contribution is -2.47. The van der Waals surface area contributed by atoms with Gasteiger partial charge in [-0.15, -0.1) is 0 Å². The van der Waals surface area contributed by atoms with Crippen molar-refractivity contribution in [2.24, 2.45) is 11.8 Å². The molecule has 4 aromatic carbocycles. The fraction of sp³-hybridized carbons (Fsp3) is 0.478. The molecule has 4 heterocycles. The quantitative estimate of drug-likeness (QED) is 0.0660. The van der Waals surface area contributed by atoms with Crippen molar-refractivity contribution in [1.82, 2.24) is 20.6 Å². The molecule has 6 fully saturated rings. The zero-order valence-corrected chi connectivity index (χ0v) is 52.7. The number of carbonyl (C=O) groups excluding carboxylic acids is 6. The van der Waals surface area contributed by atoms with Crippen LogP contribution in [0.3, 0.4) is 0 Å². The van der Waals surface area contributed by atoms with Crippen LogP contribution in [0.4, 0.5) is 42.9 Å². The SMILES string of the molecule is COC(=O)[C@@H]1CCC[C@H](NC(=O)c2cc(NC(=O)c3coc(C4CC4)n3)c(N3CCN(c4ccccc4C)CC3)cc2F)C1.Cc1ccccc1N1CCN(c2cc(F)c(C(=O)N[C@@H]3CCC[C@H](C(=O)OC(C)(C)C)C3)cc2NC(=O)c2coc(C3CC3)n2)CC1. The minimum atomic E-state index is -0.686. The van der Waals surface area contributed by atoms with Crippen LogP contribution in [0.25, 0.3) is 0 Å². The summed E-state index contributed by atoms with van der Waals surface area (Å²) in [5.41, 5.74) is 5.61. The molecule has 482 valence electrons. The van der Waals surface area contributed by atoms with Gasteiger partial charge in [0.05, 0.1) is 52.8 Å². The number of methoxy groups -OCH3 is 1. The number of rotatable bonds is 16. The van der Waals surface area contributed by atoms with Crippen LogP contribution >= 0.6 is 0 Å². The van der Waals surface area contributed by atoms with Crippen LogP contribution in [-0.2, 0) is 19.1 Å². The van der Waals surface area contributed by atoms with Gasteiger partial charge in [-0.3, -0.25) is 28.8 Å². The second-order valence-electron chi connectivity index (χ2n) is 25.9. The highest BCUT2D eigenvalue weighted by molar-refractivity contribution is 6.07. The number of para-hydroxylation sites is 2. The molecular weight excluding hydrogens is 1170 g/mol. The number of hydrogen-bond donors (Lipinski definition) is 4. The molecule has 4 amide bonds. The Kier molecular flexibility index (Phi) is 19.4. The van der Waals surface area contributed by atoms with Gasteiger partial charge in [0.25, 0.3) is 23.6 Å². The molecule has 4 saturated carbocycles. The third-order valence-electron chi connectivity index (χ3n) is 18.0. The fourth-order valence-electron chi connectivity index (χ4n) is 12.8. The van der Waals surface area contributed by atoms with Crippen LogP contribution in [-0.4, -0.2) is 123 Å². The van der Waals surface area contributed by atoms with Crippen molar-refractivity contribution >= 4 is 69.7 Å². The molecule has 12 rings (SSSR count). The topological polar surface area (TPSA) is 234 Å². The summed E-state index contributed by atoms with van der Waals surface area (Å²) in [5.74, 6) is -3.20. The van der Waals surface area contributed by atoms with E-state index >= 15 is 8.78 Å². The standard InChI is InChI=1S/C36H44FN5O5.C33H38FN5O5/c1-22-8-5-6-11-30(22)41-14-16-42(17-15-41)31-20-27(37)26(19-28(31)39-33(44)29-21-46-34(40-29)23-12-13-23)32(43)38-25-10-7-9-24(18-25)35(45)47-36(2,3)4;1-20-6-3-4-9-28(20)38-12-14-39(15-13-38)29-18-25(34)24(30(40)35-23-8-5-7-22(16-23)33(42)43-2)17-26(29)36-31(41)27-19-44-32(37-27)21-10-11-21/h5-6,8,11,19-21,23-25H,7,9-10,12-18H2,1-4H3,(H,38,43)(H,39,44);3-4,6,9,17-19,21-23H,5,7-8,10-16H2,1-2H3,(H,35,40)(H,36,41)/t24-,25+;22-,23+/m01/s1. The van der Waals surface area contributed by atoms with E-state index in [4.69, 9.17) is 18.3 Å². The molecule has 91 heavy (non-hydrogen) atoms. The summed E-state index contributed by atoms with van der Waals surface area (Å²) in [6.07, 6.45) is 11.7. The first-order valence-corrected chi connectivity index (χ1v) is 32.0. The number of amides is 4. The zero-order chi connectivity index (χ0) is 64.1. The molecule has 6 aromatic rings. The van der Waals surface area contributed by atoms with Crippen molar-refractivity contribution < 1.29 is 55.9 Å². The molecule has 20 nitrogen and oxygen atoms in total. The lowest BCUT2D eigenvalue weighted by Gasteiger charge is -2.38. The van der Waals surface area contributed by atoms with Gasteiger partial charge in [0.1, 0.15) is 29.8 Å². The van der Waals surface area contributed by atoms with Crippen molar-refractivity contribution in [3.8, 4) is 0 Å². The summed E-state index contributed by atoms with van der Waals surface area (Å²) < 4.78 is 53.0. The van der Waals surface area contributed by atoms with Gasteiger partial charge in [0, 0.05) is 99.8 Å². The lowest BCUT2D eigenvalue weighted by molar-refractivity contribution is -0.161. The Morgan fingerprint density at radius 1 is 0.516 bits per heavy atom. The molecular formula is C69H82F2N10O10. The molecule has 0 unspecified atom stereocenters. The second kappa shape index (κ2) is 27.7. The Balaban J connectivity index is 0.000000187. The molecule has 2 aliphatic heterocycles. The number of aromatic nitrogens is 2. The minimum absolute atomic E-state index is 0.132. The maximum atomic E-state index is 15.8. The molecule has 6 aliphatic rings. The maximum Gasteiger partial charge on any atom is 0.309 e. The Hall–Kier alpha value is -8.82. The van der Waals surface area contributed by atoms with Gasteiger partial charge < -0.3 is 59.2 Å². The lowest BCUT2D eigenvalue weighted by atomic mass is 9.85. The number of carbonyl (C=O) groups is 6. The van der Waals surface area contributed by atoms with Crippen molar-refractivity contribution in [1.29, 1.82) is 0 Å². The van der Waals surface area contributed by atoms with E-state index in [0.29, 0.717) is 125 Å². The van der Waals surface area contributed by atoms with Crippen molar-refractivity contribution in [2.45, 2.75) is 141 Å². The van der Waals surface area contributed by atoms with Crippen LogP contribution in [0.5, 0.6) is 0 Å². The number of ether oxygens (including phenoxy) is 2. The molecule has 2 aromatic heterocycles. The molecule has 0 spiro atoms. The number of hydrogen-bond acceptors (Lipinski definition) is 16. The largest absolute Gasteiger partial charge is 0.469 e. The average molecular weight is 1250 g/mol. The summed E-state index contributed by atoms with van der Waals surface area (Å²) in [4.78, 5) is 95.7. The molecule has 4 N–H and O–H groups in total. The van der Waals surface area contributed by atoms with E-state index in [1.54, 1.807) is 0 Å². The third kappa shape index (κ3) is 15.7. The highest BCUT2D eigenvalue weighted by Gasteiger charge is 2.36. The van der Waals surface area contributed by atoms with Crippen molar-refractivity contribution in [3.63, 3.8) is 0 Å². The monoisotopic (exact) mass is 1250 g/mol. The summed E-state index contributed by atoms with van der Waals surface area (Å²) in [7, 11) is 1.35. The van der Waals surface area contributed by atoms with Gasteiger partial charge in [-0.05, 0) is 134 Å². The van der Waals surface area contributed by atoms with Gasteiger partial charge in [-0.2, -0.15) is 0 Å². The highest BCUT2D eigenvalue weighted by Crippen LogP contribution is 2.41. The Morgan fingerprint density at radius 2 is 0.901 bits per heavy atom. The number of nitrogens with one attached hydrogen (secondary N) is 4. The van der Waals surface area contributed by atoms with E-state index in [2.05, 4.69) is 79.1 Å². The summed E-state index contributed by atoms with van der Waals surface area (Å²) in [6, 6.07) is 21.3. The maximum absolute atomic E-state index is 15.8. The smallest absolute Gasteiger partial charge is 0.309 e. The Morgan fingerprint density at radius 3 is 1.27 bits per heavy atom. The Labute approximate surface area is 529 Å². The number of esters is 2. The number of aryl methyl sites for hydroxylation is 2. The normalized spacial score (nSPS) is 20.2. The second-order valence-corrected chi connectivity index (χ2v) is 25.9. The van der Waals surface area contributed by atoms with Gasteiger partial charge >= 0.3 is 11.9 Å². The third-order valence-corrected chi connectivity index (χ3v) is 18.0. The van der Waals surface area contributed by atoms with Crippen LogP contribution in [0, 0.1) is 37.3 Å². The first-order valence-electron chi connectivity index (χ1n) is 32.0. The Bertz CT molecular complexity index is 3650. The van der Waals surface area contributed by atoms with Gasteiger partial charge in [0.15, 0.2) is 23.2 Å². The van der Waals surface area contributed by atoms with Crippen molar-refractivity contribution in [2.75, 3.05) is 89.7 Å². The van der Waals surface area contributed by atoms with E-state index in [0.717, 1.165) is 49.9 Å². The minimum Gasteiger partial charge on any atom is -0.469 e. The van der Waals surface area contributed by atoms with E-state index in [9.17, 15) is 28.8 Å². The molecule has 0 bridgehead atoms. The predicted molar refractivity (Wildman–Crippen MR) is 341 cm³/mol. The number of benzene rings is 4. The summed E-state index contributed by atoms with van der Waals surface area (Å²) in [6.45, 7) is 14.8. The van der Waals surface area contributed by atoms with E-state index in [1.807, 2.05) is 54.8 Å². The van der Waals surface area contributed by atoms with Gasteiger partial charge in [-0.25, -0.2) is 18.7 Å². The zero-order valence-electron chi connectivity index (χ0n) is 52.7. The fourth-order valence-corrected chi connectivity index (χ4v) is 12.8. The molecule has 22 heteroatoms. The van der Waals surface area contributed by atoms with Crippen LogP contribution in [0.2, 0.25) is 0 Å². The summed E-state index contributed by atoms with van der Waals surface area (Å²) in [5, 5.41) is 11.6. The number of piperazine rings is 2. The first kappa shape index (κ1) is 63.7. The number of halogens is 2. The molecule has 2 saturated heterocycles. The van der Waals surface area contributed by atoms with Crippen LogP contribution in [0.1, 0.15) is 174 Å². The van der Waals surface area contributed by atoms with Crippen molar-refractivity contribution in [3.05, 3.63) is 142 Å².